The molecule has 1 saturated carbocycles. The first-order chi connectivity index (χ1) is 16.8. The average molecular weight is 483 g/mol. The number of amides is 1. The maximum Gasteiger partial charge on any atom is 0.305 e. The van der Waals surface area contributed by atoms with Crippen molar-refractivity contribution >= 4 is 28.4 Å². The zero-order valence-corrected chi connectivity index (χ0v) is 19.4. The second kappa shape index (κ2) is 9.17. The zero-order chi connectivity index (χ0) is 24.7. The predicted octanol–water partition coefficient (Wildman–Crippen LogP) is 2.77. The summed E-state index contributed by atoms with van der Waals surface area (Å²) in [5.74, 6) is -0.558. The molecule has 2 aromatic heterocycles. The number of fused-ring (bicyclic) bond motifs is 1. The van der Waals surface area contributed by atoms with Gasteiger partial charge >= 0.3 is 5.69 Å². The van der Waals surface area contributed by atoms with Gasteiger partial charge in [0.05, 0.1) is 16.4 Å². The van der Waals surface area contributed by atoms with Gasteiger partial charge in [-0.3, -0.25) is 19.8 Å². The average Bonchev–Trinajstić information content (AvgIpc) is 3.25. The van der Waals surface area contributed by atoms with E-state index < -0.39 is 16.4 Å². The van der Waals surface area contributed by atoms with E-state index in [-0.39, 0.29) is 17.8 Å². The van der Waals surface area contributed by atoms with Crippen molar-refractivity contribution in [3.05, 3.63) is 40.5 Å². The molecule has 0 unspecified atom stereocenters. The molecule has 0 spiro atoms. The van der Waals surface area contributed by atoms with E-state index in [4.69, 9.17) is 10.8 Å². The van der Waals surface area contributed by atoms with Crippen molar-refractivity contribution in [2.45, 2.75) is 44.7 Å². The first-order valence-electron chi connectivity index (χ1n) is 11.8. The lowest BCUT2D eigenvalue weighted by atomic mass is 9.90. The van der Waals surface area contributed by atoms with Gasteiger partial charge in [-0.1, -0.05) is 0 Å². The molecule has 3 heterocycles. The van der Waals surface area contributed by atoms with Crippen LogP contribution in [0.25, 0.3) is 22.3 Å². The van der Waals surface area contributed by atoms with Gasteiger partial charge in [0.15, 0.2) is 5.65 Å². The number of nitrogens with two attached hydrogens (primary N) is 1. The SMILES string of the molecule is CC(=O)N1CCN(C2CCC(n3nc(-c4ccc(F)c([N+](=O)[O-])c4)c4c(N)ncnc43)CC2)CC1. The summed E-state index contributed by atoms with van der Waals surface area (Å²) in [7, 11) is 0. The number of rotatable bonds is 4. The summed E-state index contributed by atoms with van der Waals surface area (Å²) in [4.78, 5) is 35.0. The zero-order valence-electron chi connectivity index (χ0n) is 19.4. The van der Waals surface area contributed by atoms with E-state index in [1.54, 1.807) is 6.92 Å². The molecule has 11 nitrogen and oxygen atoms in total. The fourth-order valence-electron chi connectivity index (χ4n) is 5.32. The summed E-state index contributed by atoms with van der Waals surface area (Å²) in [6, 6.07) is 4.24. The van der Waals surface area contributed by atoms with Gasteiger partial charge in [0.1, 0.15) is 17.8 Å². The highest BCUT2D eigenvalue weighted by Gasteiger charge is 2.31. The maximum absolute atomic E-state index is 13.9. The van der Waals surface area contributed by atoms with Crippen LogP contribution in [-0.2, 0) is 4.79 Å². The Balaban J connectivity index is 1.40. The van der Waals surface area contributed by atoms with E-state index in [1.165, 1.54) is 18.5 Å². The van der Waals surface area contributed by atoms with Crippen molar-refractivity contribution in [3.8, 4) is 11.3 Å². The number of hydrogen-bond donors (Lipinski definition) is 1. The highest BCUT2D eigenvalue weighted by molar-refractivity contribution is 5.98. The van der Waals surface area contributed by atoms with Gasteiger partial charge in [0.25, 0.3) is 0 Å². The monoisotopic (exact) mass is 482 g/mol. The highest BCUT2D eigenvalue weighted by atomic mass is 19.1. The lowest BCUT2D eigenvalue weighted by Gasteiger charge is -2.41. The van der Waals surface area contributed by atoms with E-state index in [2.05, 4.69) is 14.9 Å². The number of benzene rings is 1. The smallest absolute Gasteiger partial charge is 0.305 e. The van der Waals surface area contributed by atoms with Crippen LogP contribution in [0, 0.1) is 15.9 Å². The van der Waals surface area contributed by atoms with Crippen molar-refractivity contribution in [3.63, 3.8) is 0 Å². The standard InChI is InChI=1S/C23H27FN8O3/c1-14(33)29-8-10-30(11-9-29)16-3-5-17(6-4-16)31-23-20(22(25)26-13-27-23)21(28-31)15-2-7-18(24)19(12-15)32(34)35/h2,7,12-13,16-17H,3-6,8-11H2,1H3,(H2,25,26,27). The van der Waals surface area contributed by atoms with E-state index in [9.17, 15) is 19.3 Å². The third-order valence-corrected chi connectivity index (χ3v) is 7.22. The normalized spacial score (nSPS) is 21.4. The topological polar surface area (TPSA) is 136 Å². The van der Waals surface area contributed by atoms with Gasteiger partial charge in [-0.15, -0.1) is 0 Å². The molecule has 184 valence electrons. The molecule has 12 heteroatoms. The molecular weight excluding hydrogens is 455 g/mol. The summed E-state index contributed by atoms with van der Waals surface area (Å²) in [6.45, 7) is 4.92. The van der Waals surface area contributed by atoms with Crippen LogP contribution in [0.5, 0.6) is 0 Å². The molecule has 35 heavy (non-hydrogen) atoms. The number of nitro groups is 1. The van der Waals surface area contributed by atoms with Crippen LogP contribution >= 0.6 is 0 Å². The van der Waals surface area contributed by atoms with Crippen LogP contribution in [0.4, 0.5) is 15.9 Å². The molecule has 1 aromatic carbocycles. The lowest BCUT2D eigenvalue weighted by Crippen LogP contribution is -2.52. The van der Waals surface area contributed by atoms with Crippen LogP contribution in [0.1, 0.15) is 38.6 Å². The van der Waals surface area contributed by atoms with E-state index in [0.717, 1.165) is 57.9 Å². The minimum Gasteiger partial charge on any atom is -0.383 e. The fraction of sp³-hybridized carbons (Fsp3) is 0.478. The first-order valence-corrected chi connectivity index (χ1v) is 11.8. The Labute approximate surface area is 200 Å². The Morgan fingerprint density at radius 1 is 1.11 bits per heavy atom. The van der Waals surface area contributed by atoms with Gasteiger partial charge in [0.2, 0.25) is 11.7 Å². The molecule has 5 rings (SSSR count). The molecule has 1 aliphatic heterocycles. The van der Waals surface area contributed by atoms with Gasteiger partial charge in [-0.2, -0.15) is 9.49 Å². The number of carbonyl (C=O) groups excluding carboxylic acids is 1. The summed E-state index contributed by atoms with van der Waals surface area (Å²) < 4.78 is 15.8. The lowest BCUT2D eigenvalue weighted by molar-refractivity contribution is -0.387. The molecule has 0 bridgehead atoms. The Kier molecular flexibility index (Phi) is 6.05. The van der Waals surface area contributed by atoms with Crippen LogP contribution in [0.15, 0.2) is 24.5 Å². The number of nitrogen functional groups attached to an aromatic ring is 1. The number of piperazine rings is 1. The van der Waals surface area contributed by atoms with Crippen molar-refractivity contribution in [2.75, 3.05) is 31.9 Å². The Hall–Kier alpha value is -3.67. The molecule has 2 N–H and O–H groups in total. The molecule has 2 fully saturated rings. The van der Waals surface area contributed by atoms with Gasteiger partial charge in [-0.05, 0) is 37.8 Å². The quantitative estimate of drug-likeness (QED) is 0.443. The maximum atomic E-state index is 13.9. The number of hydrogen-bond acceptors (Lipinski definition) is 8. The first kappa shape index (κ1) is 23.1. The molecule has 3 aromatic rings. The molecule has 1 saturated heterocycles. The molecule has 2 aliphatic rings. The molecular formula is C23H27FN8O3. The molecule has 0 radical (unpaired) electrons. The number of halogens is 1. The van der Waals surface area contributed by atoms with Crippen LogP contribution in [0.2, 0.25) is 0 Å². The number of aromatic nitrogens is 4. The van der Waals surface area contributed by atoms with Crippen LogP contribution in [-0.4, -0.2) is 72.6 Å². The van der Waals surface area contributed by atoms with Crippen LogP contribution < -0.4 is 5.73 Å². The summed E-state index contributed by atoms with van der Waals surface area (Å²) in [5.41, 5.74) is 6.91. The Bertz CT molecular complexity index is 1280. The van der Waals surface area contributed by atoms with Gasteiger partial charge in [0, 0.05) is 50.8 Å². The van der Waals surface area contributed by atoms with E-state index in [0.29, 0.717) is 28.3 Å². The minimum atomic E-state index is -0.908. The van der Waals surface area contributed by atoms with E-state index in [1.807, 2.05) is 9.58 Å². The summed E-state index contributed by atoms with van der Waals surface area (Å²) in [5, 5.41) is 16.6. The van der Waals surface area contributed by atoms with Crippen molar-refractivity contribution in [1.82, 2.24) is 29.5 Å². The van der Waals surface area contributed by atoms with Crippen LogP contribution in [0.3, 0.4) is 0 Å². The molecule has 1 amide bonds. The number of nitro benzene ring substituents is 1. The predicted molar refractivity (Wildman–Crippen MR) is 127 cm³/mol. The van der Waals surface area contributed by atoms with E-state index >= 15 is 0 Å². The highest BCUT2D eigenvalue weighted by Crippen LogP contribution is 2.38. The fourth-order valence-corrected chi connectivity index (χ4v) is 5.32. The van der Waals surface area contributed by atoms with Gasteiger partial charge in [-0.25, -0.2) is 14.6 Å². The largest absolute Gasteiger partial charge is 0.383 e. The minimum absolute atomic E-state index is 0.0887. The summed E-state index contributed by atoms with van der Waals surface area (Å²) in [6.07, 6.45) is 5.14. The van der Waals surface area contributed by atoms with Gasteiger partial charge < -0.3 is 10.6 Å². The second-order valence-corrected chi connectivity index (χ2v) is 9.18. The van der Waals surface area contributed by atoms with Crippen molar-refractivity contribution in [2.24, 2.45) is 0 Å². The Morgan fingerprint density at radius 3 is 2.46 bits per heavy atom. The number of nitrogens with zero attached hydrogens (tertiary/aromatic N) is 7. The summed E-state index contributed by atoms with van der Waals surface area (Å²) >= 11 is 0. The number of carbonyl (C=O) groups is 1. The third kappa shape index (κ3) is 4.29. The number of anilines is 1. The molecule has 0 atom stereocenters. The van der Waals surface area contributed by atoms with Crippen molar-refractivity contribution in [1.29, 1.82) is 0 Å². The third-order valence-electron chi connectivity index (χ3n) is 7.22. The molecule has 1 aliphatic carbocycles. The van der Waals surface area contributed by atoms with Crippen molar-refractivity contribution < 1.29 is 14.1 Å². The Morgan fingerprint density at radius 2 is 1.80 bits per heavy atom. The second-order valence-electron chi connectivity index (χ2n) is 9.18.